The Morgan fingerprint density at radius 1 is 1.40 bits per heavy atom. The van der Waals surface area contributed by atoms with E-state index in [2.05, 4.69) is 32.3 Å². The van der Waals surface area contributed by atoms with Crippen LogP contribution in [0.2, 0.25) is 0 Å². The van der Waals surface area contributed by atoms with E-state index in [0.29, 0.717) is 5.92 Å². The molecule has 0 spiro atoms. The smallest absolute Gasteiger partial charge is 0.193 e. The number of aromatic nitrogens is 1. The number of benzene rings is 1. The molecule has 1 unspecified atom stereocenters. The quantitative estimate of drug-likeness (QED) is 0.420. The third-order valence-electron chi connectivity index (χ3n) is 4.38. The van der Waals surface area contributed by atoms with Gasteiger partial charge in [-0.3, -0.25) is 4.99 Å². The molecule has 0 saturated carbocycles. The molecule has 5 nitrogen and oxygen atoms in total. The van der Waals surface area contributed by atoms with Crippen LogP contribution in [0.4, 0.5) is 0 Å². The van der Waals surface area contributed by atoms with Crippen LogP contribution in [0, 0.1) is 6.92 Å². The Kier molecular flexibility index (Phi) is 7.49. The Hall–Kier alpha value is -1.35. The zero-order chi connectivity index (χ0) is 16.9. The predicted octanol–water partition coefficient (Wildman–Crippen LogP) is 3.64. The molecule has 1 N–H and O–H groups in total. The van der Waals surface area contributed by atoms with Crippen LogP contribution in [0.25, 0.3) is 0 Å². The molecule has 1 aromatic heterocycles. The zero-order valence-corrected chi connectivity index (χ0v) is 18.0. The van der Waals surface area contributed by atoms with Gasteiger partial charge in [-0.1, -0.05) is 12.1 Å². The predicted molar refractivity (Wildman–Crippen MR) is 114 cm³/mol. The monoisotopic (exact) mass is 472 g/mol. The fraction of sp³-hybridized carbons (Fsp3) is 0.444. The van der Waals surface area contributed by atoms with Gasteiger partial charge in [0.15, 0.2) is 5.96 Å². The second-order valence-corrected chi connectivity index (χ2v) is 7.27. The first kappa shape index (κ1) is 20.0. The first-order valence-electron chi connectivity index (χ1n) is 8.20. The molecule has 1 atom stereocenters. The summed E-state index contributed by atoms with van der Waals surface area (Å²) < 4.78 is 5.24. The first-order chi connectivity index (χ1) is 11.7. The minimum Gasteiger partial charge on any atom is -0.497 e. The molecule has 3 rings (SSSR count). The highest BCUT2D eigenvalue weighted by molar-refractivity contribution is 14.0. The van der Waals surface area contributed by atoms with Gasteiger partial charge in [-0.2, -0.15) is 0 Å². The van der Waals surface area contributed by atoms with Gasteiger partial charge >= 0.3 is 0 Å². The highest BCUT2D eigenvalue weighted by Gasteiger charge is 2.26. The lowest BCUT2D eigenvalue weighted by Gasteiger charge is -2.21. The Balaban J connectivity index is 0.00000225. The fourth-order valence-corrected chi connectivity index (χ4v) is 3.82. The minimum absolute atomic E-state index is 0. The van der Waals surface area contributed by atoms with Crippen molar-refractivity contribution in [2.45, 2.75) is 25.8 Å². The van der Waals surface area contributed by atoms with E-state index in [9.17, 15) is 0 Å². The number of guanidine groups is 1. The number of hydrogen-bond acceptors (Lipinski definition) is 4. The molecule has 7 heteroatoms. The Bertz CT molecular complexity index is 701. The summed E-state index contributed by atoms with van der Waals surface area (Å²) in [4.78, 5) is 12.3. The van der Waals surface area contributed by atoms with E-state index in [1.807, 2.05) is 32.3 Å². The van der Waals surface area contributed by atoms with Gasteiger partial charge in [0, 0.05) is 37.1 Å². The van der Waals surface area contributed by atoms with Crippen LogP contribution in [0.15, 0.2) is 35.5 Å². The third-order valence-corrected chi connectivity index (χ3v) is 5.29. The number of methoxy groups -OCH3 is 1. The van der Waals surface area contributed by atoms with Gasteiger partial charge < -0.3 is 15.0 Å². The van der Waals surface area contributed by atoms with Crippen molar-refractivity contribution in [3.05, 3.63) is 45.9 Å². The SMILES string of the molecule is CN=C(NCc1cnc(C)s1)N1CCC(c2ccc(OC)cc2)C1.I. The number of nitrogens with zero attached hydrogens (tertiary/aromatic N) is 3. The lowest BCUT2D eigenvalue weighted by Crippen LogP contribution is -2.39. The molecule has 1 fully saturated rings. The lowest BCUT2D eigenvalue weighted by atomic mass is 9.98. The molecule has 0 aliphatic carbocycles. The summed E-state index contributed by atoms with van der Waals surface area (Å²) in [6.07, 6.45) is 3.08. The van der Waals surface area contributed by atoms with E-state index in [0.717, 1.165) is 42.8 Å². The zero-order valence-electron chi connectivity index (χ0n) is 14.9. The Morgan fingerprint density at radius 2 is 2.16 bits per heavy atom. The maximum atomic E-state index is 5.24. The van der Waals surface area contributed by atoms with Gasteiger partial charge in [-0.15, -0.1) is 35.3 Å². The molecule has 0 amide bonds. The van der Waals surface area contributed by atoms with Crippen LogP contribution in [-0.2, 0) is 6.54 Å². The topological polar surface area (TPSA) is 49.8 Å². The van der Waals surface area contributed by atoms with Crippen LogP contribution in [0.5, 0.6) is 5.75 Å². The molecule has 1 aliphatic rings. The maximum absolute atomic E-state index is 5.24. The van der Waals surface area contributed by atoms with E-state index >= 15 is 0 Å². The Morgan fingerprint density at radius 3 is 2.76 bits per heavy atom. The second kappa shape index (κ2) is 9.38. The number of likely N-dealkylation sites (tertiary alicyclic amines) is 1. The summed E-state index contributed by atoms with van der Waals surface area (Å²) in [6, 6.07) is 8.42. The summed E-state index contributed by atoms with van der Waals surface area (Å²) in [5, 5.41) is 4.56. The standard InChI is InChI=1S/C18H24N4OS.HI/c1-13-20-10-17(24-13)11-21-18(19-2)22-9-8-15(12-22)14-4-6-16(23-3)7-5-14;/h4-7,10,15H,8-9,11-12H2,1-3H3,(H,19,21);1H. The van der Waals surface area contributed by atoms with E-state index < -0.39 is 0 Å². The second-order valence-electron chi connectivity index (χ2n) is 5.95. The third kappa shape index (κ3) is 5.07. The van der Waals surface area contributed by atoms with Crippen molar-refractivity contribution < 1.29 is 4.74 Å². The highest BCUT2D eigenvalue weighted by Crippen LogP contribution is 2.28. The minimum atomic E-state index is 0. The van der Waals surface area contributed by atoms with Gasteiger partial charge in [-0.05, 0) is 31.0 Å². The summed E-state index contributed by atoms with van der Waals surface area (Å²) in [5.74, 6) is 2.42. The molecule has 0 radical (unpaired) electrons. The summed E-state index contributed by atoms with van der Waals surface area (Å²) >= 11 is 1.72. The molecule has 1 aliphatic heterocycles. The molecule has 25 heavy (non-hydrogen) atoms. The number of halogens is 1. The molecule has 2 heterocycles. The van der Waals surface area contributed by atoms with Crippen LogP contribution >= 0.6 is 35.3 Å². The van der Waals surface area contributed by atoms with E-state index in [-0.39, 0.29) is 24.0 Å². The van der Waals surface area contributed by atoms with Crippen molar-refractivity contribution in [1.29, 1.82) is 0 Å². The number of rotatable bonds is 4. The van der Waals surface area contributed by atoms with E-state index in [1.165, 1.54) is 10.4 Å². The molecular formula is C18H25IN4OS. The summed E-state index contributed by atoms with van der Waals surface area (Å²) in [5.41, 5.74) is 1.37. The van der Waals surface area contributed by atoms with Crippen molar-refractivity contribution in [3.8, 4) is 5.75 Å². The van der Waals surface area contributed by atoms with Crippen LogP contribution < -0.4 is 10.1 Å². The number of aliphatic imine (C=N–C) groups is 1. The molecular weight excluding hydrogens is 447 g/mol. The van der Waals surface area contributed by atoms with Gasteiger partial charge in [0.2, 0.25) is 0 Å². The Labute approximate surface area is 170 Å². The molecule has 136 valence electrons. The van der Waals surface area contributed by atoms with E-state index in [1.54, 1.807) is 18.4 Å². The van der Waals surface area contributed by atoms with Crippen LogP contribution in [0.3, 0.4) is 0 Å². The van der Waals surface area contributed by atoms with Gasteiger partial charge in [0.05, 0.1) is 18.7 Å². The summed E-state index contributed by atoms with van der Waals surface area (Å²) in [6.45, 7) is 4.83. The average Bonchev–Trinajstić information content (AvgIpc) is 3.25. The number of ether oxygens (including phenoxy) is 1. The van der Waals surface area contributed by atoms with Crippen molar-refractivity contribution in [3.63, 3.8) is 0 Å². The largest absolute Gasteiger partial charge is 0.497 e. The first-order valence-corrected chi connectivity index (χ1v) is 9.02. The average molecular weight is 472 g/mol. The van der Waals surface area contributed by atoms with Gasteiger partial charge in [-0.25, -0.2) is 4.98 Å². The maximum Gasteiger partial charge on any atom is 0.193 e. The van der Waals surface area contributed by atoms with Crippen molar-refractivity contribution in [2.24, 2.45) is 4.99 Å². The van der Waals surface area contributed by atoms with Crippen molar-refractivity contribution in [2.75, 3.05) is 27.2 Å². The molecule has 2 aromatic rings. The van der Waals surface area contributed by atoms with Gasteiger partial charge in [0.1, 0.15) is 5.75 Å². The fourth-order valence-electron chi connectivity index (χ4n) is 3.09. The van der Waals surface area contributed by atoms with Crippen molar-refractivity contribution >= 4 is 41.3 Å². The number of aryl methyl sites for hydroxylation is 1. The number of thiazole rings is 1. The normalized spacial score (nSPS) is 17.3. The number of nitrogens with one attached hydrogen (secondary N) is 1. The van der Waals surface area contributed by atoms with Crippen LogP contribution in [-0.4, -0.2) is 43.1 Å². The lowest BCUT2D eigenvalue weighted by molar-refractivity contribution is 0.414. The molecule has 0 bridgehead atoms. The highest BCUT2D eigenvalue weighted by atomic mass is 127. The molecule has 1 saturated heterocycles. The van der Waals surface area contributed by atoms with Crippen LogP contribution in [0.1, 0.15) is 27.8 Å². The van der Waals surface area contributed by atoms with Gasteiger partial charge in [0.25, 0.3) is 0 Å². The molecule has 1 aromatic carbocycles. The summed E-state index contributed by atoms with van der Waals surface area (Å²) in [7, 11) is 3.55. The number of hydrogen-bond donors (Lipinski definition) is 1. The van der Waals surface area contributed by atoms with Crippen molar-refractivity contribution in [1.82, 2.24) is 15.2 Å². The van der Waals surface area contributed by atoms with E-state index in [4.69, 9.17) is 4.74 Å².